The van der Waals surface area contributed by atoms with Gasteiger partial charge in [0.2, 0.25) is 10.0 Å². The zero-order valence-electron chi connectivity index (χ0n) is 19.7. The molecule has 2 aromatic carbocycles. The lowest BCUT2D eigenvalue weighted by Gasteiger charge is -2.46. The summed E-state index contributed by atoms with van der Waals surface area (Å²) in [6.45, 7) is 1.96. The Hall–Kier alpha value is -2.33. The lowest BCUT2D eigenvalue weighted by Crippen LogP contribution is -2.51. The normalized spacial score (nSPS) is 22.1. The van der Waals surface area contributed by atoms with Gasteiger partial charge in [0.05, 0.1) is 29.1 Å². The first-order chi connectivity index (χ1) is 17.3. The van der Waals surface area contributed by atoms with Crippen LogP contribution in [0.2, 0.25) is 0 Å². The van der Waals surface area contributed by atoms with Gasteiger partial charge in [-0.3, -0.25) is 0 Å². The zero-order chi connectivity index (χ0) is 24.9. The van der Waals surface area contributed by atoms with Crippen molar-refractivity contribution in [1.29, 1.82) is 0 Å². The van der Waals surface area contributed by atoms with Gasteiger partial charge >= 0.3 is 0 Å². The number of piperidine rings is 1. The van der Waals surface area contributed by atoms with Gasteiger partial charge in [0.15, 0.2) is 0 Å². The zero-order valence-corrected chi connectivity index (χ0v) is 22.1. The van der Waals surface area contributed by atoms with E-state index in [1.54, 1.807) is 34.6 Å². The van der Waals surface area contributed by atoms with E-state index in [1.165, 1.54) is 30.5 Å². The van der Waals surface area contributed by atoms with Crippen molar-refractivity contribution in [1.82, 2.24) is 14.1 Å². The van der Waals surface area contributed by atoms with Crippen molar-refractivity contribution >= 4 is 32.0 Å². The molecule has 1 aliphatic heterocycles. The molecule has 1 atom stereocenters. The van der Waals surface area contributed by atoms with E-state index in [9.17, 15) is 12.8 Å². The summed E-state index contributed by atoms with van der Waals surface area (Å²) in [7, 11) is -3.66. The van der Waals surface area contributed by atoms with Gasteiger partial charge < -0.3 is 4.74 Å². The van der Waals surface area contributed by atoms with E-state index >= 15 is 0 Å². The van der Waals surface area contributed by atoms with Crippen LogP contribution in [0.25, 0.3) is 11.8 Å². The highest BCUT2D eigenvalue weighted by Crippen LogP contribution is 2.46. The third kappa shape index (κ3) is 4.47. The minimum atomic E-state index is -3.66. The van der Waals surface area contributed by atoms with Crippen LogP contribution in [0.15, 0.2) is 69.7 Å². The van der Waals surface area contributed by atoms with Crippen LogP contribution in [0.1, 0.15) is 30.5 Å². The first-order valence-corrected chi connectivity index (χ1v) is 14.4. The molecule has 1 aromatic heterocycles. The molecule has 2 aliphatic carbocycles. The molecular formula is C27H27BrFN3O3S. The average molecular weight is 572 g/mol. The summed E-state index contributed by atoms with van der Waals surface area (Å²) in [5, 5.41) is 4.60. The number of rotatable bonds is 7. The third-order valence-electron chi connectivity index (χ3n) is 7.45. The van der Waals surface area contributed by atoms with Crippen LogP contribution in [0.5, 0.6) is 0 Å². The molecule has 188 valence electrons. The predicted octanol–water partition coefficient (Wildman–Crippen LogP) is 5.22. The van der Waals surface area contributed by atoms with Crippen LogP contribution >= 0.6 is 15.9 Å². The topological polar surface area (TPSA) is 64.4 Å². The highest BCUT2D eigenvalue weighted by atomic mass is 79.9. The fourth-order valence-electron chi connectivity index (χ4n) is 5.30. The van der Waals surface area contributed by atoms with Crippen LogP contribution in [0.4, 0.5) is 4.39 Å². The maximum atomic E-state index is 13.6. The Morgan fingerprint density at radius 2 is 1.97 bits per heavy atom. The third-order valence-corrected chi connectivity index (χ3v) is 9.79. The number of nitrogens with zero attached hydrogens (tertiary/aromatic N) is 3. The Bertz CT molecular complexity index is 1430. The number of ether oxygens (including phenoxy) is 1. The fraction of sp³-hybridized carbons (Fsp3) is 0.370. The van der Waals surface area contributed by atoms with E-state index in [2.05, 4.69) is 27.1 Å². The molecule has 0 spiro atoms. The molecule has 6 nitrogen and oxygen atoms in total. The maximum Gasteiger partial charge on any atom is 0.243 e. The van der Waals surface area contributed by atoms with Crippen LogP contribution in [-0.2, 0) is 21.2 Å². The molecular weight excluding hydrogens is 545 g/mol. The molecule has 6 rings (SSSR count). The Kier molecular flexibility index (Phi) is 6.14. The van der Waals surface area contributed by atoms with E-state index in [-0.39, 0.29) is 5.82 Å². The van der Waals surface area contributed by atoms with Crippen LogP contribution < -0.4 is 0 Å². The van der Waals surface area contributed by atoms with Crippen molar-refractivity contribution in [3.63, 3.8) is 0 Å². The summed E-state index contributed by atoms with van der Waals surface area (Å²) in [4.78, 5) is 0.291. The van der Waals surface area contributed by atoms with Gasteiger partial charge in [0.25, 0.3) is 0 Å². The Morgan fingerprint density at radius 3 is 2.72 bits per heavy atom. The monoisotopic (exact) mass is 571 g/mol. The number of benzene rings is 2. The quantitative estimate of drug-likeness (QED) is 0.390. The molecule has 0 bridgehead atoms. The maximum absolute atomic E-state index is 13.6. The summed E-state index contributed by atoms with van der Waals surface area (Å²) >= 11 is 3.40. The number of aromatic nitrogens is 2. The fourth-order valence-corrected chi connectivity index (χ4v) is 7.42. The summed E-state index contributed by atoms with van der Waals surface area (Å²) < 4.78 is 51.1. The van der Waals surface area contributed by atoms with E-state index in [0.717, 1.165) is 28.0 Å². The molecule has 1 saturated carbocycles. The lowest BCUT2D eigenvalue weighted by molar-refractivity contribution is 0.0358. The van der Waals surface area contributed by atoms with Gasteiger partial charge in [0.1, 0.15) is 5.82 Å². The Balaban J connectivity index is 1.34. The second-order valence-electron chi connectivity index (χ2n) is 10.1. The summed E-state index contributed by atoms with van der Waals surface area (Å²) in [5.41, 5.74) is 3.55. The first-order valence-electron chi connectivity index (χ1n) is 12.2. The van der Waals surface area contributed by atoms with Crippen LogP contribution in [0, 0.1) is 17.2 Å². The molecule has 36 heavy (non-hydrogen) atoms. The molecule has 3 aromatic rings. The number of halogens is 2. The highest BCUT2D eigenvalue weighted by molar-refractivity contribution is 9.10. The standard InChI is InChI=1S/C27H27BrFN3O3S/c28-22-2-1-3-25(13-22)36(33,34)31-11-10-21-12-26-20(14-27(21,17-31)18-35-16-19-4-5-19)15-30-32(26)24-8-6-23(29)7-9-24/h1-3,6-9,12-13,15,19H,4-5,10-11,14,16-18H2/t27-/m1/s1. The minimum absolute atomic E-state index is 0.288. The van der Waals surface area contributed by atoms with Crippen molar-refractivity contribution in [2.45, 2.75) is 30.6 Å². The number of sulfonamides is 1. The molecule has 0 radical (unpaired) electrons. The van der Waals surface area contributed by atoms with Gasteiger partial charge in [-0.25, -0.2) is 17.5 Å². The van der Waals surface area contributed by atoms with Crippen molar-refractivity contribution < 1.29 is 17.5 Å². The van der Waals surface area contributed by atoms with Crippen molar-refractivity contribution in [2.75, 3.05) is 26.3 Å². The molecule has 0 amide bonds. The molecule has 2 fully saturated rings. The van der Waals surface area contributed by atoms with Gasteiger partial charge in [-0.1, -0.05) is 27.6 Å². The molecule has 0 N–H and O–H groups in total. The average Bonchev–Trinajstić information content (AvgIpc) is 3.61. The largest absolute Gasteiger partial charge is 0.380 e. The molecule has 0 unspecified atom stereocenters. The van der Waals surface area contributed by atoms with Crippen molar-refractivity contribution in [3.8, 4) is 5.69 Å². The molecule has 1 saturated heterocycles. The summed E-state index contributed by atoms with van der Waals surface area (Å²) in [6.07, 6.45) is 7.66. The Morgan fingerprint density at radius 1 is 1.17 bits per heavy atom. The number of hydrogen-bond donors (Lipinski definition) is 0. The van der Waals surface area contributed by atoms with E-state index < -0.39 is 15.4 Å². The van der Waals surface area contributed by atoms with E-state index in [4.69, 9.17) is 4.74 Å². The van der Waals surface area contributed by atoms with Crippen molar-refractivity contribution in [3.05, 3.63) is 81.8 Å². The van der Waals surface area contributed by atoms with E-state index in [1.807, 2.05) is 16.9 Å². The first kappa shape index (κ1) is 24.0. The number of hydrogen-bond acceptors (Lipinski definition) is 4. The lowest BCUT2D eigenvalue weighted by atomic mass is 9.69. The van der Waals surface area contributed by atoms with Gasteiger partial charge in [-0.2, -0.15) is 9.40 Å². The number of fused-ring (bicyclic) bond motifs is 2. The highest BCUT2D eigenvalue weighted by Gasteiger charge is 2.46. The van der Waals surface area contributed by atoms with Crippen LogP contribution in [0.3, 0.4) is 0 Å². The summed E-state index contributed by atoms with van der Waals surface area (Å²) in [6, 6.07) is 13.2. The summed E-state index contributed by atoms with van der Waals surface area (Å²) in [5.74, 6) is 0.336. The minimum Gasteiger partial charge on any atom is -0.380 e. The Labute approximate surface area is 218 Å². The van der Waals surface area contributed by atoms with Gasteiger partial charge in [0, 0.05) is 29.6 Å². The SMILES string of the molecule is O=S(=O)(c1cccc(Br)c1)N1CCC2=Cc3c(cnn3-c3ccc(F)cc3)C[C@]2(COCC2CC2)C1. The van der Waals surface area contributed by atoms with Crippen LogP contribution in [-0.4, -0.2) is 48.8 Å². The molecule has 3 aliphatic rings. The molecule has 9 heteroatoms. The smallest absolute Gasteiger partial charge is 0.243 e. The van der Waals surface area contributed by atoms with E-state index in [0.29, 0.717) is 43.4 Å². The van der Waals surface area contributed by atoms with Gasteiger partial charge in [-0.05, 0) is 85.7 Å². The second-order valence-corrected chi connectivity index (χ2v) is 12.9. The predicted molar refractivity (Wildman–Crippen MR) is 139 cm³/mol. The molecule has 2 heterocycles. The van der Waals surface area contributed by atoms with Gasteiger partial charge in [-0.15, -0.1) is 0 Å². The van der Waals surface area contributed by atoms with Crippen molar-refractivity contribution in [2.24, 2.45) is 11.3 Å². The second kappa shape index (κ2) is 9.20.